The molecule has 1 aromatic carbocycles. The number of aliphatic hydroxyl groups is 1. The van der Waals surface area contributed by atoms with E-state index in [1.807, 2.05) is 24.3 Å². The van der Waals surface area contributed by atoms with Crippen LogP contribution in [0, 0.1) is 5.41 Å². The first-order chi connectivity index (χ1) is 12.0. The highest BCUT2D eigenvalue weighted by atomic mass is 16.5. The number of rotatable bonds is 6. The van der Waals surface area contributed by atoms with E-state index >= 15 is 0 Å². The summed E-state index contributed by atoms with van der Waals surface area (Å²) in [6.45, 7) is 2.84. The maximum absolute atomic E-state index is 12.5. The van der Waals surface area contributed by atoms with Gasteiger partial charge in [-0.3, -0.25) is 9.59 Å². The fourth-order valence-electron chi connectivity index (χ4n) is 3.68. The summed E-state index contributed by atoms with van der Waals surface area (Å²) in [6.07, 6.45) is 1.83. The van der Waals surface area contributed by atoms with Crippen molar-refractivity contribution in [1.82, 2.24) is 9.80 Å². The first-order valence-electron chi connectivity index (χ1n) is 8.84. The Hall–Kier alpha value is -1.92. The smallest absolute Gasteiger partial charge is 0.254 e. The molecule has 2 aliphatic rings. The Morgan fingerprint density at radius 1 is 1.32 bits per heavy atom. The number of fused-ring (bicyclic) bond motifs is 1. The Morgan fingerprint density at radius 3 is 2.72 bits per heavy atom. The molecule has 0 spiro atoms. The number of nitrogens with zero attached hydrogens (tertiary/aromatic N) is 2. The van der Waals surface area contributed by atoms with Crippen LogP contribution >= 0.6 is 0 Å². The second kappa shape index (κ2) is 7.54. The molecule has 6 heteroatoms. The summed E-state index contributed by atoms with van der Waals surface area (Å²) in [5.74, 6) is 0.00498. The zero-order valence-corrected chi connectivity index (χ0v) is 14.7. The number of hydrogen-bond acceptors (Lipinski definition) is 4. The predicted molar refractivity (Wildman–Crippen MR) is 93.0 cm³/mol. The topological polar surface area (TPSA) is 70.1 Å². The summed E-state index contributed by atoms with van der Waals surface area (Å²) in [4.78, 5) is 28.3. The highest BCUT2D eigenvalue weighted by molar-refractivity contribution is 5.98. The third-order valence-corrected chi connectivity index (χ3v) is 5.38. The molecule has 0 atom stereocenters. The van der Waals surface area contributed by atoms with Crippen molar-refractivity contribution >= 4 is 11.8 Å². The predicted octanol–water partition coefficient (Wildman–Crippen LogP) is 1.28. The zero-order valence-electron chi connectivity index (χ0n) is 14.7. The van der Waals surface area contributed by atoms with Crippen molar-refractivity contribution in [2.45, 2.75) is 25.8 Å². The van der Waals surface area contributed by atoms with Gasteiger partial charge < -0.3 is 19.6 Å². The third kappa shape index (κ3) is 3.85. The fraction of sp³-hybridized carbons (Fsp3) is 0.579. The molecule has 1 aromatic rings. The molecule has 1 N–H and O–H groups in total. The average Bonchev–Trinajstić information content (AvgIpc) is 2.96. The molecule has 0 unspecified atom stereocenters. The summed E-state index contributed by atoms with van der Waals surface area (Å²) in [6, 6.07) is 7.58. The van der Waals surface area contributed by atoms with Crippen molar-refractivity contribution in [3.63, 3.8) is 0 Å². The molecule has 0 radical (unpaired) electrons. The largest absolute Gasteiger partial charge is 0.396 e. The maximum atomic E-state index is 12.5. The maximum Gasteiger partial charge on any atom is 0.254 e. The van der Waals surface area contributed by atoms with Gasteiger partial charge in [-0.1, -0.05) is 18.2 Å². The third-order valence-electron chi connectivity index (χ3n) is 5.38. The molecule has 0 saturated carbocycles. The lowest BCUT2D eigenvalue weighted by Crippen LogP contribution is -2.45. The Labute approximate surface area is 148 Å². The molecule has 6 nitrogen and oxygen atoms in total. The van der Waals surface area contributed by atoms with Gasteiger partial charge in [0.1, 0.15) is 0 Å². The normalized spacial score (nSPS) is 19.0. The number of carbonyl (C=O) groups is 2. The van der Waals surface area contributed by atoms with Crippen LogP contribution in [0.15, 0.2) is 24.3 Å². The van der Waals surface area contributed by atoms with Crippen LogP contribution in [0.1, 0.15) is 35.2 Å². The summed E-state index contributed by atoms with van der Waals surface area (Å²) >= 11 is 0. The molecule has 136 valence electrons. The summed E-state index contributed by atoms with van der Waals surface area (Å²) < 4.78 is 5.37. The van der Waals surface area contributed by atoms with Gasteiger partial charge in [-0.05, 0) is 24.5 Å². The van der Waals surface area contributed by atoms with Gasteiger partial charge in [0.2, 0.25) is 5.91 Å². The molecule has 0 aliphatic carbocycles. The van der Waals surface area contributed by atoms with E-state index in [4.69, 9.17) is 4.74 Å². The van der Waals surface area contributed by atoms with Gasteiger partial charge >= 0.3 is 0 Å². The quantitative estimate of drug-likeness (QED) is 0.842. The average molecular weight is 346 g/mol. The standard InChI is InChI=1S/C19H26N2O4/c1-20(13-19(14-22)7-10-25-11-8-19)17(23)6-9-21-12-15-4-2-3-5-16(15)18(21)24/h2-5,22H,6-14H2,1H3. The molecular formula is C19H26N2O4. The van der Waals surface area contributed by atoms with Crippen molar-refractivity contribution in [3.05, 3.63) is 35.4 Å². The Balaban J connectivity index is 1.52. The van der Waals surface area contributed by atoms with Crippen molar-refractivity contribution in [2.75, 3.05) is 40.0 Å². The lowest BCUT2D eigenvalue weighted by Gasteiger charge is -2.38. The second-order valence-electron chi connectivity index (χ2n) is 7.15. The summed E-state index contributed by atoms with van der Waals surface area (Å²) in [7, 11) is 1.77. The number of benzene rings is 1. The Morgan fingerprint density at radius 2 is 2.04 bits per heavy atom. The minimum atomic E-state index is -0.262. The minimum Gasteiger partial charge on any atom is -0.396 e. The van der Waals surface area contributed by atoms with E-state index in [0.717, 1.165) is 24.0 Å². The highest BCUT2D eigenvalue weighted by Gasteiger charge is 2.34. The van der Waals surface area contributed by atoms with Crippen LogP contribution in [0.4, 0.5) is 0 Å². The molecule has 2 aliphatic heterocycles. The molecule has 25 heavy (non-hydrogen) atoms. The zero-order chi connectivity index (χ0) is 17.9. The first kappa shape index (κ1) is 17.9. The van der Waals surface area contributed by atoms with Crippen LogP contribution < -0.4 is 0 Å². The van der Waals surface area contributed by atoms with E-state index in [2.05, 4.69) is 0 Å². The van der Waals surface area contributed by atoms with Crippen molar-refractivity contribution < 1.29 is 19.4 Å². The molecule has 3 rings (SSSR count). The highest BCUT2D eigenvalue weighted by Crippen LogP contribution is 2.31. The molecule has 2 heterocycles. The molecule has 1 saturated heterocycles. The lowest BCUT2D eigenvalue weighted by molar-refractivity contribution is -0.133. The minimum absolute atomic E-state index is 0.00214. The van der Waals surface area contributed by atoms with E-state index in [1.54, 1.807) is 16.8 Å². The molecular weight excluding hydrogens is 320 g/mol. The van der Waals surface area contributed by atoms with Gasteiger partial charge in [-0.2, -0.15) is 0 Å². The number of amides is 2. The molecule has 2 amide bonds. The molecule has 0 bridgehead atoms. The van der Waals surface area contributed by atoms with Gasteiger partial charge in [0.25, 0.3) is 5.91 Å². The van der Waals surface area contributed by atoms with Gasteiger partial charge in [0.05, 0.1) is 6.61 Å². The Bertz CT molecular complexity index is 640. The van der Waals surface area contributed by atoms with Crippen LogP contribution in [0.5, 0.6) is 0 Å². The molecule has 1 fully saturated rings. The first-order valence-corrected chi connectivity index (χ1v) is 8.84. The number of hydrogen-bond donors (Lipinski definition) is 1. The van der Waals surface area contributed by atoms with Crippen molar-refractivity contribution in [3.8, 4) is 0 Å². The van der Waals surface area contributed by atoms with E-state index in [9.17, 15) is 14.7 Å². The van der Waals surface area contributed by atoms with Gasteiger partial charge in [-0.15, -0.1) is 0 Å². The monoisotopic (exact) mass is 346 g/mol. The van der Waals surface area contributed by atoms with Gasteiger partial charge in [0, 0.05) is 57.3 Å². The summed E-state index contributed by atoms with van der Waals surface area (Å²) in [5.41, 5.74) is 1.50. The van der Waals surface area contributed by atoms with E-state index in [-0.39, 0.29) is 23.8 Å². The van der Waals surface area contributed by atoms with E-state index in [1.165, 1.54) is 0 Å². The van der Waals surface area contributed by atoms with Crippen LogP contribution in [0.2, 0.25) is 0 Å². The second-order valence-corrected chi connectivity index (χ2v) is 7.15. The Kier molecular flexibility index (Phi) is 5.39. The lowest BCUT2D eigenvalue weighted by atomic mass is 9.80. The van der Waals surface area contributed by atoms with E-state index in [0.29, 0.717) is 39.3 Å². The fourth-order valence-corrected chi connectivity index (χ4v) is 3.68. The van der Waals surface area contributed by atoms with Gasteiger partial charge in [-0.25, -0.2) is 0 Å². The van der Waals surface area contributed by atoms with Crippen LogP contribution in [0.25, 0.3) is 0 Å². The SMILES string of the molecule is CN(CC1(CO)CCOCC1)C(=O)CCN1Cc2ccccc2C1=O. The summed E-state index contributed by atoms with van der Waals surface area (Å²) in [5, 5.41) is 9.76. The molecule has 0 aromatic heterocycles. The van der Waals surface area contributed by atoms with Crippen LogP contribution in [0.3, 0.4) is 0 Å². The van der Waals surface area contributed by atoms with Crippen molar-refractivity contribution in [1.29, 1.82) is 0 Å². The van der Waals surface area contributed by atoms with E-state index < -0.39 is 0 Å². The van der Waals surface area contributed by atoms with Gasteiger partial charge in [0.15, 0.2) is 0 Å². The number of aliphatic hydroxyl groups excluding tert-OH is 1. The van der Waals surface area contributed by atoms with Crippen LogP contribution in [-0.4, -0.2) is 66.7 Å². The number of ether oxygens (including phenoxy) is 1. The number of carbonyl (C=O) groups excluding carboxylic acids is 2. The van der Waals surface area contributed by atoms with Crippen LogP contribution in [-0.2, 0) is 16.1 Å². The van der Waals surface area contributed by atoms with Crippen molar-refractivity contribution in [2.24, 2.45) is 5.41 Å².